The van der Waals surface area contributed by atoms with Crippen LogP contribution in [0.15, 0.2) is 47.4 Å². The first-order valence-electron chi connectivity index (χ1n) is 10.3. The fourth-order valence-electron chi connectivity index (χ4n) is 3.34. The van der Waals surface area contributed by atoms with Crippen molar-refractivity contribution in [3.63, 3.8) is 0 Å². The lowest BCUT2D eigenvalue weighted by Gasteiger charge is -2.26. The molecule has 0 spiro atoms. The summed E-state index contributed by atoms with van der Waals surface area (Å²) >= 11 is 12.0. The van der Waals surface area contributed by atoms with Gasteiger partial charge in [-0.2, -0.15) is 4.31 Å². The first-order chi connectivity index (χ1) is 15.3. The average molecular weight is 499 g/mol. The van der Waals surface area contributed by atoms with Crippen LogP contribution in [-0.4, -0.2) is 50.8 Å². The van der Waals surface area contributed by atoms with Crippen LogP contribution in [-0.2, 0) is 26.0 Å². The Bertz CT molecular complexity index is 1070. The monoisotopic (exact) mass is 498 g/mol. The first-order valence-corrected chi connectivity index (χ1v) is 12.4. The lowest BCUT2D eigenvalue weighted by molar-refractivity contribution is -0.124. The van der Waals surface area contributed by atoms with Gasteiger partial charge in [-0.25, -0.2) is 13.2 Å². The summed E-state index contributed by atoms with van der Waals surface area (Å²) in [6.07, 6.45) is 3.15. The number of carbonyl (C=O) groups excluding carboxylic acids is 2. The van der Waals surface area contributed by atoms with Gasteiger partial charge >= 0.3 is 5.97 Å². The van der Waals surface area contributed by atoms with E-state index in [0.717, 1.165) is 24.8 Å². The third kappa shape index (κ3) is 6.45. The molecule has 0 bridgehead atoms. The lowest BCUT2D eigenvalue weighted by atomic mass is 10.1. The Morgan fingerprint density at radius 2 is 1.69 bits per heavy atom. The van der Waals surface area contributed by atoms with Gasteiger partial charge in [0.1, 0.15) is 4.90 Å². The largest absolute Gasteiger partial charge is 0.452 e. The zero-order valence-electron chi connectivity index (χ0n) is 17.4. The minimum absolute atomic E-state index is 0.0129. The molecule has 0 aromatic heterocycles. The van der Waals surface area contributed by atoms with Crippen molar-refractivity contribution in [1.82, 2.24) is 9.62 Å². The maximum atomic E-state index is 12.9. The number of sulfonamides is 1. The highest BCUT2D eigenvalue weighted by molar-refractivity contribution is 7.89. The fourth-order valence-corrected chi connectivity index (χ4v) is 5.48. The number of halogens is 2. The predicted molar refractivity (Wildman–Crippen MR) is 123 cm³/mol. The van der Waals surface area contributed by atoms with E-state index >= 15 is 0 Å². The Morgan fingerprint density at radius 1 is 1.00 bits per heavy atom. The van der Waals surface area contributed by atoms with Gasteiger partial charge in [0.25, 0.3) is 5.91 Å². The van der Waals surface area contributed by atoms with E-state index in [1.165, 1.54) is 22.5 Å². The Kier molecular flexibility index (Phi) is 8.53. The highest BCUT2D eigenvalue weighted by Gasteiger charge is 2.29. The highest BCUT2D eigenvalue weighted by atomic mass is 35.5. The number of benzene rings is 2. The van der Waals surface area contributed by atoms with E-state index in [9.17, 15) is 18.0 Å². The summed E-state index contributed by atoms with van der Waals surface area (Å²) < 4.78 is 32.3. The Labute approximate surface area is 197 Å². The fraction of sp³-hybridized carbons (Fsp3) is 0.364. The van der Waals surface area contributed by atoms with Gasteiger partial charge in [0, 0.05) is 24.7 Å². The van der Waals surface area contributed by atoms with Gasteiger partial charge in [-0.05, 0) is 55.2 Å². The summed E-state index contributed by atoms with van der Waals surface area (Å²) in [6, 6.07) is 11.2. The molecule has 2 aromatic carbocycles. The summed E-state index contributed by atoms with van der Waals surface area (Å²) in [6.45, 7) is 0.737. The molecular weight excluding hydrogens is 475 g/mol. The summed E-state index contributed by atoms with van der Waals surface area (Å²) in [5, 5.41) is 3.34. The van der Waals surface area contributed by atoms with Crippen molar-refractivity contribution in [2.45, 2.75) is 30.6 Å². The van der Waals surface area contributed by atoms with Crippen LogP contribution >= 0.6 is 23.2 Å². The highest BCUT2D eigenvalue weighted by Crippen LogP contribution is 2.28. The molecule has 0 radical (unpaired) electrons. The number of nitrogens with zero attached hydrogens (tertiary/aromatic N) is 1. The van der Waals surface area contributed by atoms with Crippen LogP contribution in [0.5, 0.6) is 0 Å². The van der Waals surface area contributed by atoms with Crippen molar-refractivity contribution in [2.75, 3.05) is 26.2 Å². The van der Waals surface area contributed by atoms with Gasteiger partial charge in [0.05, 0.1) is 10.6 Å². The zero-order valence-corrected chi connectivity index (χ0v) is 19.7. The maximum Gasteiger partial charge on any atom is 0.338 e. The SMILES string of the molecule is O=C(COC(=O)c1ccc(Cl)c(S(=O)(=O)N2CCCCC2)c1)NCCc1ccc(Cl)cc1. The number of rotatable bonds is 8. The molecule has 1 aliphatic heterocycles. The van der Waals surface area contributed by atoms with Gasteiger partial charge in [0.2, 0.25) is 10.0 Å². The Hall–Kier alpha value is -2.13. The van der Waals surface area contributed by atoms with Crippen LogP contribution in [0.2, 0.25) is 10.0 Å². The second kappa shape index (κ2) is 11.1. The van der Waals surface area contributed by atoms with Crippen LogP contribution in [0, 0.1) is 0 Å². The first kappa shape index (κ1) is 24.5. The Morgan fingerprint density at radius 3 is 2.38 bits per heavy atom. The van der Waals surface area contributed by atoms with E-state index in [2.05, 4.69) is 5.32 Å². The molecule has 32 heavy (non-hydrogen) atoms. The molecule has 1 N–H and O–H groups in total. The number of amides is 1. The van der Waals surface area contributed by atoms with Gasteiger partial charge in [-0.15, -0.1) is 0 Å². The molecule has 10 heteroatoms. The number of hydrogen-bond donors (Lipinski definition) is 1. The number of esters is 1. The van der Waals surface area contributed by atoms with E-state index in [-0.39, 0.29) is 15.5 Å². The quantitative estimate of drug-likeness (QED) is 0.560. The molecule has 0 atom stereocenters. The summed E-state index contributed by atoms with van der Waals surface area (Å²) in [5.74, 6) is -1.26. The number of piperidine rings is 1. The van der Waals surface area contributed by atoms with Crippen LogP contribution in [0.3, 0.4) is 0 Å². The standard InChI is InChI=1S/C22H24Cl2N2O5S/c23-18-7-4-16(5-8-18)10-11-25-21(27)15-31-22(28)17-6-9-19(24)20(14-17)32(29,30)26-12-2-1-3-13-26/h4-9,14H,1-3,10-13,15H2,(H,25,27). The summed E-state index contributed by atoms with van der Waals surface area (Å²) in [4.78, 5) is 24.2. The van der Waals surface area contributed by atoms with E-state index < -0.39 is 28.5 Å². The minimum atomic E-state index is -3.82. The molecule has 3 rings (SSSR count). The third-order valence-corrected chi connectivity index (χ3v) is 7.72. The van der Waals surface area contributed by atoms with Crippen LogP contribution in [0.4, 0.5) is 0 Å². The molecule has 1 aliphatic rings. The minimum Gasteiger partial charge on any atom is -0.452 e. The molecule has 0 unspecified atom stereocenters. The molecule has 1 fully saturated rings. The van der Waals surface area contributed by atoms with Crippen molar-refractivity contribution >= 4 is 45.1 Å². The number of carbonyl (C=O) groups is 2. The normalized spacial score (nSPS) is 14.7. The van der Waals surface area contributed by atoms with Crippen LogP contribution < -0.4 is 5.32 Å². The maximum absolute atomic E-state index is 12.9. The van der Waals surface area contributed by atoms with Gasteiger partial charge in [-0.3, -0.25) is 4.79 Å². The number of nitrogens with one attached hydrogen (secondary N) is 1. The van der Waals surface area contributed by atoms with E-state index in [1.54, 1.807) is 12.1 Å². The van der Waals surface area contributed by atoms with E-state index in [0.29, 0.717) is 31.1 Å². The number of hydrogen-bond acceptors (Lipinski definition) is 5. The number of ether oxygens (including phenoxy) is 1. The van der Waals surface area contributed by atoms with E-state index in [1.807, 2.05) is 12.1 Å². The molecule has 172 valence electrons. The van der Waals surface area contributed by atoms with Crippen molar-refractivity contribution in [3.8, 4) is 0 Å². The molecule has 1 amide bonds. The molecule has 2 aromatic rings. The predicted octanol–water partition coefficient (Wildman–Crippen LogP) is 3.68. The molecule has 1 saturated heterocycles. The van der Waals surface area contributed by atoms with Crippen molar-refractivity contribution in [1.29, 1.82) is 0 Å². The van der Waals surface area contributed by atoms with E-state index in [4.69, 9.17) is 27.9 Å². The van der Waals surface area contributed by atoms with Crippen molar-refractivity contribution < 1.29 is 22.7 Å². The van der Waals surface area contributed by atoms with Crippen molar-refractivity contribution in [3.05, 3.63) is 63.6 Å². The van der Waals surface area contributed by atoms with Gasteiger partial charge in [-0.1, -0.05) is 41.8 Å². The van der Waals surface area contributed by atoms with Gasteiger partial charge in [0.15, 0.2) is 6.61 Å². The van der Waals surface area contributed by atoms with Gasteiger partial charge < -0.3 is 10.1 Å². The topological polar surface area (TPSA) is 92.8 Å². The Balaban J connectivity index is 1.55. The lowest BCUT2D eigenvalue weighted by Crippen LogP contribution is -2.35. The smallest absolute Gasteiger partial charge is 0.338 e. The van der Waals surface area contributed by atoms with Crippen molar-refractivity contribution in [2.24, 2.45) is 0 Å². The molecular formula is C22H24Cl2N2O5S. The molecule has 0 saturated carbocycles. The summed E-state index contributed by atoms with van der Waals surface area (Å²) in [7, 11) is -3.82. The summed E-state index contributed by atoms with van der Waals surface area (Å²) in [5.41, 5.74) is 1.02. The van der Waals surface area contributed by atoms with Crippen LogP contribution in [0.1, 0.15) is 35.2 Å². The van der Waals surface area contributed by atoms with Crippen LogP contribution in [0.25, 0.3) is 0 Å². The second-order valence-electron chi connectivity index (χ2n) is 7.41. The molecule has 0 aliphatic carbocycles. The average Bonchev–Trinajstić information content (AvgIpc) is 2.79. The molecule has 7 nitrogen and oxygen atoms in total. The zero-order chi connectivity index (χ0) is 23.1. The second-order valence-corrected chi connectivity index (χ2v) is 10.2. The third-order valence-electron chi connectivity index (χ3n) is 5.08. The molecule has 1 heterocycles.